The number of aliphatic hydroxyl groups is 1. The molecule has 0 aromatic heterocycles. The van der Waals surface area contributed by atoms with E-state index in [0.717, 1.165) is 22.6 Å². The maximum absolute atomic E-state index is 11.4. The molecular weight excluding hydrogens is 354 g/mol. The van der Waals surface area contributed by atoms with Crippen LogP contribution < -0.4 is 10.6 Å². The quantitative estimate of drug-likeness (QED) is 0.430. The van der Waals surface area contributed by atoms with E-state index >= 15 is 0 Å². The number of aliphatic hydroxyl groups excluding tert-OH is 1. The van der Waals surface area contributed by atoms with E-state index in [1.807, 2.05) is 48.5 Å². The molecule has 0 saturated carbocycles. The average molecular weight is 379 g/mol. The Labute approximate surface area is 165 Å². The number of nitriles is 1. The molecule has 0 bridgehead atoms. The van der Waals surface area contributed by atoms with Crippen molar-refractivity contribution in [3.63, 3.8) is 0 Å². The number of benzene rings is 2. The van der Waals surface area contributed by atoms with Crippen LogP contribution in [0.15, 0.2) is 60.7 Å². The Morgan fingerprint density at radius 3 is 2.68 bits per heavy atom. The summed E-state index contributed by atoms with van der Waals surface area (Å²) in [6, 6.07) is 17.8. The third-order valence-electron chi connectivity index (χ3n) is 3.96. The van der Waals surface area contributed by atoms with Gasteiger partial charge in [0.25, 0.3) is 0 Å². The molecule has 1 unspecified atom stereocenters. The molecule has 146 valence electrons. The van der Waals surface area contributed by atoms with E-state index in [2.05, 4.69) is 23.3 Å². The monoisotopic (exact) mass is 379 g/mol. The fraction of sp³-hybridized carbons (Fsp3) is 0.273. The first-order chi connectivity index (χ1) is 13.5. The fourth-order valence-electron chi connectivity index (χ4n) is 2.49. The van der Waals surface area contributed by atoms with Gasteiger partial charge in [0.1, 0.15) is 12.7 Å². The summed E-state index contributed by atoms with van der Waals surface area (Å²) < 4.78 is 4.94. The molecule has 0 aliphatic carbocycles. The number of nitrogens with one attached hydrogen (secondary N) is 2. The van der Waals surface area contributed by atoms with Crippen molar-refractivity contribution in [2.24, 2.45) is 0 Å². The van der Waals surface area contributed by atoms with Crippen LogP contribution in [0.2, 0.25) is 0 Å². The van der Waals surface area contributed by atoms with E-state index in [4.69, 9.17) is 10.00 Å². The summed E-state index contributed by atoms with van der Waals surface area (Å²) in [5.41, 5.74) is 4.01. The lowest BCUT2D eigenvalue weighted by Crippen LogP contribution is -2.26. The summed E-state index contributed by atoms with van der Waals surface area (Å²) in [6.07, 6.45) is 0.180. The molecule has 3 N–H and O–H groups in total. The second-order valence-electron chi connectivity index (χ2n) is 6.43. The normalized spacial score (nSPS) is 11.2. The highest BCUT2D eigenvalue weighted by Crippen LogP contribution is 2.25. The Hall–Kier alpha value is -3.30. The zero-order valence-corrected chi connectivity index (χ0v) is 15.9. The van der Waals surface area contributed by atoms with E-state index in [9.17, 15) is 9.90 Å². The molecule has 0 spiro atoms. The van der Waals surface area contributed by atoms with Gasteiger partial charge in [-0.3, -0.25) is 0 Å². The smallest absolute Gasteiger partial charge is 0.333 e. The summed E-state index contributed by atoms with van der Waals surface area (Å²) in [5, 5.41) is 25.4. The first-order valence-corrected chi connectivity index (χ1v) is 9.06. The highest BCUT2D eigenvalue weighted by molar-refractivity contribution is 5.86. The molecule has 6 heteroatoms. The number of nitrogens with zero attached hydrogens (tertiary/aromatic N) is 1. The largest absolute Gasteiger partial charge is 0.460 e. The molecule has 28 heavy (non-hydrogen) atoms. The lowest BCUT2D eigenvalue weighted by Gasteiger charge is -2.16. The van der Waals surface area contributed by atoms with E-state index < -0.39 is 12.1 Å². The van der Waals surface area contributed by atoms with Crippen LogP contribution in [0.1, 0.15) is 18.9 Å². The van der Waals surface area contributed by atoms with E-state index in [0.29, 0.717) is 18.4 Å². The number of esters is 1. The summed E-state index contributed by atoms with van der Waals surface area (Å²) in [7, 11) is 0. The molecule has 2 rings (SSSR count). The van der Waals surface area contributed by atoms with Gasteiger partial charge in [0.15, 0.2) is 0 Å². The molecule has 0 amide bonds. The number of carbonyl (C=O) groups is 1. The van der Waals surface area contributed by atoms with Gasteiger partial charge in [-0.15, -0.1) is 0 Å². The number of anilines is 3. The van der Waals surface area contributed by atoms with Crippen LogP contribution in [-0.2, 0) is 16.0 Å². The van der Waals surface area contributed by atoms with Gasteiger partial charge < -0.3 is 20.5 Å². The third-order valence-corrected chi connectivity index (χ3v) is 3.96. The van der Waals surface area contributed by atoms with Gasteiger partial charge in [-0.1, -0.05) is 24.8 Å². The van der Waals surface area contributed by atoms with Crippen molar-refractivity contribution in [1.29, 1.82) is 5.26 Å². The molecule has 0 saturated heterocycles. The van der Waals surface area contributed by atoms with E-state index in [1.54, 1.807) is 6.92 Å². The van der Waals surface area contributed by atoms with Crippen molar-refractivity contribution in [2.45, 2.75) is 25.9 Å². The topological polar surface area (TPSA) is 94.4 Å². The van der Waals surface area contributed by atoms with Crippen molar-refractivity contribution in [2.75, 3.05) is 23.8 Å². The highest BCUT2D eigenvalue weighted by Gasteiger charge is 2.10. The van der Waals surface area contributed by atoms with Crippen LogP contribution in [0.5, 0.6) is 0 Å². The second-order valence-corrected chi connectivity index (χ2v) is 6.43. The maximum atomic E-state index is 11.4. The van der Waals surface area contributed by atoms with Crippen LogP contribution in [-0.4, -0.2) is 30.3 Å². The maximum Gasteiger partial charge on any atom is 0.333 e. The summed E-state index contributed by atoms with van der Waals surface area (Å²) >= 11 is 0. The zero-order valence-electron chi connectivity index (χ0n) is 15.9. The summed E-state index contributed by atoms with van der Waals surface area (Å²) in [5.74, 6) is -0.519. The molecule has 2 aromatic rings. The number of rotatable bonds is 10. The van der Waals surface area contributed by atoms with Crippen LogP contribution in [0.25, 0.3) is 0 Å². The van der Waals surface area contributed by atoms with Crippen LogP contribution in [0.4, 0.5) is 17.1 Å². The highest BCUT2D eigenvalue weighted by atomic mass is 16.5. The average Bonchev–Trinajstić information content (AvgIpc) is 2.70. The molecule has 2 aromatic carbocycles. The van der Waals surface area contributed by atoms with E-state index in [1.165, 1.54) is 0 Å². The Balaban J connectivity index is 2.00. The minimum atomic E-state index is -0.840. The lowest BCUT2D eigenvalue weighted by molar-refractivity contribution is -0.141. The summed E-state index contributed by atoms with van der Waals surface area (Å²) in [4.78, 5) is 11.4. The van der Waals surface area contributed by atoms with E-state index in [-0.39, 0.29) is 13.2 Å². The molecule has 0 aliphatic heterocycles. The van der Waals surface area contributed by atoms with Crippen molar-refractivity contribution in [3.05, 3.63) is 66.2 Å². The van der Waals surface area contributed by atoms with Crippen LogP contribution in [0, 0.1) is 11.3 Å². The van der Waals surface area contributed by atoms with Crippen molar-refractivity contribution >= 4 is 23.0 Å². The first kappa shape index (κ1) is 21.0. The van der Waals surface area contributed by atoms with Gasteiger partial charge in [0, 0.05) is 35.6 Å². The Kier molecular flexibility index (Phi) is 8.07. The van der Waals surface area contributed by atoms with Gasteiger partial charge in [0.05, 0.1) is 6.07 Å². The number of para-hydroxylation sites is 1. The minimum absolute atomic E-state index is 0.104. The molecule has 0 heterocycles. The third kappa shape index (κ3) is 6.78. The second kappa shape index (κ2) is 10.8. The minimum Gasteiger partial charge on any atom is -0.460 e. The van der Waals surface area contributed by atoms with Crippen molar-refractivity contribution < 1.29 is 14.6 Å². The molecule has 0 aliphatic rings. The number of carbonyl (C=O) groups excluding carboxylic acids is 1. The zero-order chi connectivity index (χ0) is 20.4. The van der Waals surface area contributed by atoms with Gasteiger partial charge in [-0.2, -0.15) is 5.26 Å². The van der Waals surface area contributed by atoms with Crippen LogP contribution >= 0.6 is 0 Å². The fourth-order valence-corrected chi connectivity index (χ4v) is 2.49. The van der Waals surface area contributed by atoms with Gasteiger partial charge in [-0.05, 0) is 49.2 Å². The molecule has 1 atom stereocenters. The number of hydrogen-bond donors (Lipinski definition) is 3. The predicted molar refractivity (Wildman–Crippen MR) is 110 cm³/mol. The van der Waals surface area contributed by atoms with Gasteiger partial charge in [-0.25, -0.2) is 4.79 Å². The Morgan fingerprint density at radius 2 is 2.00 bits per heavy atom. The lowest BCUT2D eigenvalue weighted by atomic mass is 10.1. The number of ether oxygens (including phenoxy) is 1. The Bertz CT molecular complexity index is 844. The van der Waals surface area contributed by atoms with Crippen molar-refractivity contribution in [3.8, 4) is 6.07 Å². The van der Waals surface area contributed by atoms with Crippen molar-refractivity contribution in [1.82, 2.24) is 0 Å². The predicted octanol–water partition coefficient (Wildman–Crippen LogP) is 3.78. The molecule has 0 fully saturated rings. The standard InChI is InChI=1S/C22H25N3O3/c1-16(2)22(27)28-15-20(26)14-24-19-10-11-21(17(13-19)7-6-12-23)25-18-8-4-3-5-9-18/h3-5,8-11,13,20,24-26H,1,6-7,14-15H2,2H3. The van der Waals surface area contributed by atoms with Gasteiger partial charge in [0.2, 0.25) is 0 Å². The van der Waals surface area contributed by atoms with Crippen LogP contribution in [0.3, 0.4) is 0 Å². The number of hydrogen-bond acceptors (Lipinski definition) is 6. The molecular formula is C22H25N3O3. The SMILES string of the molecule is C=C(C)C(=O)OCC(O)CNc1ccc(Nc2ccccc2)c(CCC#N)c1. The molecule has 0 radical (unpaired) electrons. The summed E-state index contributed by atoms with van der Waals surface area (Å²) in [6.45, 7) is 5.18. The first-order valence-electron chi connectivity index (χ1n) is 9.06. The molecule has 6 nitrogen and oxygen atoms in total. The number of aryl methyl sites for hydroxylation is 1. The Morgan fingerprint density at radius 1 is 1.25 bits per heavy atom. The van der Waals surface area contributed by atoms with Gasteiger partial charge >= 0.3 is 5.97 Å².